The Morgan fingerprint density at radius 2 is 2.21 bits per heavy atom. The van der Waals surface area contributed by atoms with Gasteiger partial charge in [0.15, 0.2) is 0 Å². The van der Waals surface area contributed by atoms with Crippen molar-refractivity contribution in [1.29, 1.82) is 0 Å². The van der Waals surface area contributed by atoms with Gasteiger partial charge in [-0.2, -0.15) is 11.8 Å². The Bertz CT molecular complexity index is 430. The van der Waals surface area contributed by atoms with Crippen LogP contribution in [0.5, 0.6) is 0 Å². The molecule has 0 amide bonds. The quantitative estimate of drug-likeness (QED) is 0.912. The van der Waals surface area contributed by atoms with E-state index in [0.717, 1.165) is 25.3 Å². The van der Waals surface area contributed by atoms with Crippen LogP contribution in [-0.4, -0.2) is 39.8 Å². The summed E-state index contributed by atoms with van der Waals surface area (Å²) < 4.78 is 6.11. The molecular weight excluding hydrogens is 260 g/mol. The van der Waals surface area contributed by atoms with E-state index in [9.17, 15) is 0 Å². The van der Waals surface area contributed by atoms with Crippen molar-refractivity contribution in [3.63, 3.8) is 0 Å². The predicted molar refractivity (Wildman–Crippen MR) is 77.5 cm³/mol. The SMILES string of the molecule is CC1(C)CCN(c2nnc(CNC3CC3)o2)CCS1. The minimum absolute atomic E-state index is 0.352. The van der Waals surface area contributed by atoms with Crippen molar-refractivity contribution in [3.05, 3.63) is 5.89 Å². The highest BCUT2D eigenvalue weighted by Gasteiger charge is 2.26. The van der Waals surface area contributed by atoms with E-state index in [0.29, 0.717) is 29.2 Å². The molecule has 0 aromatic carbocycles. The third-order valence-electron chi connectivity index (χ3n) is 3.68. The molecule has 1 aliphatic carbocycles. The number of nitrogens with zero attached hydrogens (tertiary/aromatic N) is 3. The molecule has 2 heterocycles. The number of rotatable bonds is 4. The van der Waals surface area contributed by atoms with Crippen LogP contribution in [0.15, 0.2) is 4.42 Å². The van der Waals surface area contributed by atoms with Crippen LogP contribution in [0.2, 0.25) is 0 Å². The van der Waals surface area contributed by atoms with Crippen molar-refractivity contribution in [2.75, 3.05) is 23.7 Å². The zero-order valence-corrected chi connectivity index (χ0v) is 12.5. The summed E-state index contributed by atoms with van der Waals surface area (Å²) >= 11 is 2.02. The lowest BCUT2D eigenvalue weighted by Crippen LogP contribution is -2.27. The number of hydrogen-bond donors (Lipinski definition) is 1. The van der Waals surface area contributed by atoms with Crippen LogP contribution < -0.4 is 10.2 Å². The molecule has 0 unspecified atom stereocenters. The molecule has 3 rings (SSSR count). The number of aromatic nitrogens is 2. The van der Waals surface area contributed by atoms with Crippen LogP contribution in [0.3, 0.4) is 0 Å². The Morgan fingerprint density at radius 3 is 3.00 bits per heavy atom. The Labute approximate surface area is 118 Å². The highest BCUT2D eigenvalue weighted by atomic mass is 32.2. The molecule has 1 aliphatic heterocycles. The van der Waals surface area contributed by atoms with E-state index in [-0.39, 0.29) is 0 Å². The van der Waals surface area contributed by atoms with Gasteiger partial charge in [-0.1, -0.05) is 18.9 Å². The standard InChI is InChI=1S/C13H22N4OS/c1-13(2)5-6-17(7-8-19-13)12-16-15-11(18-12)9-14-10-3-4-10/h10,14H,3-9H2,1-2H3. The fourth-order valence-corrected chi connectivity index (χ4v) is 3.27. The first-order chi connectivity index (χ1) is 9.12. The van der Waals surface area contributed by atoms with E-state index in [1.54, 1.807) is 0 Å². The molecule has 0 bridgehead atoms. The van der Waals surface area contributed by atoms with Gasteiger partial charge in [-0.05, 0) is 19.3 Å². The summed E-state index contributed by atoms with van der Waals surface area (Å²) in [5.74, 6) is 1.82. The molecule has 0 atom stereocenters. The predicted octanol–water partition coefficient (Wildman–Crippen LogP) is 2.04. The molecule has 106 valence electrons. The molecule has 1 aromatic heterocycles. The molecular formula is C13H22N4OS. The molecule has 1 aromatic rings. The molecule has 19 heavy (non-hydrogen) atoms. The molecule has 1 N–H and O–H groups in total. The maximum atomic E-state index is 5.76. The average molecular weight is 282 g/mol. The molecule has 2 aliphatic rings. The van der Waals surface area contributed by atoms with Crippen LogP contribution in [0.25, 0.3) is 0 Å². The third-order valence-corrected chi connectivity index (χ3v) is 5.06. The van der Waals surface area contributed by atoms with Crippen LogP contribution in [0.1, 0.15) is 39.0 Å². The van der Waals surface area contributed by atoms with E-state index < -0.39 is 0 Å². The van der Waals surface area contributed by atoms with Gasteiger partial charge in [0.2, 0.25) is 5.89 Å². The summed E-state index contributed by atoms with van der Waals surface area (Å²) in [4.78, 5) is 2.22. The van der Waals surface area contributed by atoms with E-state index in [4.69, 9.17) is 4.42 Å². The normalized spacial score (nSPS) is 23.4. The van der Waals surface area contributed by atoms with Crippen LogP contribution in [0.4, 0.5) is 6.01 Å². The Kier molecular flexibility index (Phi) is 3.71. The van der Waals surface area contributed by atoms with Crippen molar-refractivity contribution in [3.8, 4) is 0 Å². The molecule has 0 spiro atoms. The molecule has 1 saturated carbocycles. The maximum absolute atomic E-state index is 5.76. The lowest BCUT2D eigenvalue weighted by molar-refractivity contribution is 0.458. The van der Waals surface area contributed by atoms with Gasteiger partial charge in [0.1, 0.15) is 0 Å². The maximum Gasteiger partial charge on any atom is 0.318 e. The van der Waals surface area contributed by atoms with E-state index in [2.05, 4.69) is 34.3 Å². The Hall–Kier alpha value is -0.750. The lowest BCUT2D eigenvalue weighted by atomic mass is 10.1. The first-order valence-corrected chi connectivity index (χ1v) is 8.06. The second-order valence-electron chi connectivity index (χ2n) is 5.98. The van der Waals surface area contributed by atoms with Crippen molar-refractivity contribution >= 4 is 17.8 Å². The highest BCUT2D eigenvalue weighted by molar-refractivity contribution is 8.00. The monoisotopic (exact) mass is 282 g/mol. The van der Waals surface area contributed by atoms with E-state index in [1.165, 1.54) is 12.8 Å². The van der Waals surface area contributed by atoms with Gasteiger partial charge >= 0.3 is 6.01 Å². The largest absolute Gasteiger partial charge is 0.407 e. The number of hydrogen-bond acceptors (Lipinski definition) is 6. The van der Waals surface area contributed by atoms with Crippen LogP contribution in [-0.2, 0) is 6.54 Å². The summed E-state index contributed by atoms with van der Waals surface area (Å²) in [5, 5.41) is 11.7. The molecule has 5 nitrogen and oxygen atoms in total. The van der Waals surface area contributed by atoms with Crippen molar-refractivity contribution < 1.29 is 4.42 Å². The van der Waals surface area contributed by atoms with Gasteiger partial charge in [0, 0.05) is 29.6 Å². The Morgan fingerprint density at radius 1 is 1.37 bits per heavy atom. The lowest BCUT2D eigenvalue weighted by Gasteiger charge is -2.21. The summed E-state index contributed by atoms with van der Waals surface area (Å²) in [6.07, 6.45) is 3.70. The number of nitrogens with one attached hydrogen (secondary N) is 1. The minimum Gasteiger partial charge on any atom is -0.407 e. The van der Waals surface area contributed by atoms with Crippen LogP contribution >= 0.6 is 11.8 Å². The van der Waals surface area contributed by atoms with Gasteiger partial charge < -0.3 is 14.6 Å². The fourth-order valence-electron chi connectivity index (χ4n) is 2.17. The number of anilines is 1. The number of thioether (sulfide) groups is 1. The van der Waals surface area contributed by atoms with Crippen molar-refractivity contribution in [2.24, 2.45) is 0 Å². The highest BCUT2D eigenvalue weighted by Crippen LogP contribution is 2.31. The minimum atomic E-state index is 0.352. The third kappa shape index (κ3) is 3.63. The van der Waals surface area contributed by atoms with Gasteiger partial charge in [0.25, 0.3) is 0 Å². The average Bonchev–Trinajstić information content (AvgIpc) is 3.11. The topological polar surface area (TPSA) is 54.2 Å². The molecule has 0 radical (unpaired) electrons. The summed E-state index contributed by atoms with van der Waals surface area (Å²) in [6, 6.07) is 1.36. The molecule has 6 heteroatoms. The van der Waals surface area contributed by atoms with Crippen molar-refractivity contribution in [1.82, 2.24) is 15.5 Å². The first kappa shape index (κ1) is 13.2. The Balaban J connectivity index is 1.58. The van der Waals surface area contributed by atoms with Gasteiger partial charge in [-0.3, -0.25) is 0 Å². The smallest absolute Gasteiger partial charge is 0.318 e. The van der Waals surface area contributed by atoms with Gasteiger partial charge in [0.05, 0.1) is 6.54 Å². The zero-order chi connectivity index (χ0) is 13.3. The van der Waals surface area contributed by atoms with Gasteiger partial charge in [-0.25, -0.2) is 0 Å². The van der Waals surface area contributed by atoms with Gasteiger partial charge in [-0.15, -0.1) is 5.10 Å². The van der Waals surface area contributed by atoms with Crippen LogP contribution in [0, 0.1) is 0 Å². The summed E-state index contributed by atoms with van der Waals surface area (Å²) in [6.45, 7) is 7.30. The second kappa shape index (κ2) is 5.32. The second-order valence-corrected chi connectivity index (χ2v) is 7.78. The molecule has 1 saturated heterocycles. The summed E-state index contributed by atoms with van der Waals surface area (Å²) in [7, 11) is 0. The molecule has 2 fully saturated rings. The first-order valence-electron chi connectivity index (χ1n) is 7.07. The van der Waals surface area contributed by atoms with E-state index in [1.807, 2.05) is 11.8 Å². The van der Waals surface area contributed by atoms with Crippen molar-refractivity contribution in [2.45, 2.75) is 50.4 Å². The zero-order valence-electron chi connectivity index (χ0n) is 11.7. The van der Waals surface area contributed by atoms with E-state index >= 15 is 0 Å². The summed E-state index contributed by atoms with van der Waals surface area (Å²) in [5.41, 5.74) is 0. The fraction of sp³-hybridized carbons (Fsp3) is 0.846.